The van der Waals surface area contributed by atoms with Crippen LogP contribution in [0.25, 0.3) is 20.4 Å². The lowest BCUT2D eigenvalue weighted by Crippen LogP contribution is -2.32. The van der Waals surface area contributed by atoms with Crippen molar-refractivity contribution in [3.05, 3.63) is 46.9 Å². The zero-order valence-electron chi connectivity index (χ0n) is 16.2. The van der Waals surface area contributed by atoms with E-state index in [2.05, 4.69) is 64.5 Å². The highest BCUT2D eigenvalue weighted by atomic mass is 32.1. The summed E-state index contributed by atoms with van der Waals surface area (Å²) in [4.78, 5) is 14.2. The van der Waals surface area contributed by atoms with Crippen LogP contribution in [0.3, 0.4) is 0 Å². The van der Waals surface area contributed by atoms with E-state index in [1.165, 1.54) is 40.8 Å². The second-order valence-electron chi connectivity index (χ2n) is 7.71. The lowest BCUT2D eigenvalue weighted by Gasteiger charge is -2.28. The number of benzene rings is 1. The number of hydrogen-bond donors (Lipinski definition) is 1. The summed E-state index contributed by atoms with van der Waals surface area (Å²) in [5.74, 6) is 0.589. The average Bonchev–Trinajstić information content (AvgIpc) is 3.30. The molecule has 1 aliphatic heterocycles. The molecule has 0 amide bonds. The van der Waals surface area contributed by atoms with Gasteiger partial charge < -0.3 is 10.2 Å². The minimum absolute atomic E-state index is 0.569. The van der Waals surface area contributed by atoms with Crippen molar-refractivity contribution < 1.29 is 0 Å². The summed E-state index contributed by atoms with van der Waals surface area (Å²) in [6.45, 7) is 3.57. The van der Waals surface area contributed by atoms with E-state index in [4.69, 9.17) is 0 Å². The Morgan fingerprint density at radius 3 is 3.00 bits per heavy atom. The molecule has 28 heavy (non-hydrogen) atoms. The first-order valence-electron chi connectivity index (χ1n) is 9.88. The van der Waals surface area contributed by atoms with Crippen LogP contribution in [0.5, 0.6) is 0 Å². The molecular formula is C22H24N4S2. The first-order valence-corrected chi connectivity index (χ1v) is 11.6. The van der Waals surface area contributed by atoms with Gasteiger partial charge in [0.15, 0.2) is 0 Å². The SMILES string of the molecule is CC1C(c2cc3c(Nc4ccc5scnc5c4)ccnc3s2)CCCCN1C. The monoisotopic (exact) mass is 408 g/mol. The molecule has 1 aromatic carbocycles. The number of likely N-dealkylation sites (tertiary alicyclic amines) is 1. The maximum Gasteiger partial charge on any atom is 0.125 e. The van der Waals surface area contributed by atoms with Crippen LogP contribution in [-0.4, -0.2) is 34.5 Å². The van der Waals surface area contributed by atoms with E-state index in [0.29, 0.717) is 12.0 Å². The molecule has 6 heteroatoms. The number of thiazole rings is 1. The van der Waals surface area contributed by atoms with Crippen LogP contribution in [0.15, 0.2) is 42.0 Å². The van der Waals surface area contributed by atoms with E-state index in [1.807, 2.05) is 23.0 Å². The quantitative estimate of drug-likeness (QED) is 0.436. The van der Waals surface area contributed by atoms with Crippen LogP contribution >= 0.6 is 22.7 Å². The zero-order valence-corrected chi connectivity index (χ0v) is 17.8. The molecule has 1 N–H and O–H groups in total. The molecule has 1 aliphatic rings. The lowest BCUT2D eigenvalue weighted by atomic mass is 9.94. The Balaban J connectivity index is 1.50. The number of rotatable bonds is 3. The largest absolute Gasteiger partial charge is 0.355 e. The van der Waals surface area contributed by atoms with Crippen molar-refractivity contribution in [3.63, 3.8) is 0 Å². The van der Waals surface area contributed by atoms with Gasteiger partial charge in [-0.15, -0.1) is 22.7 Å². The number of anilines is 2. The fraction of sp³-hybridized carbons (Fsp3) is 0.364. The van der Waals surface area contributed by atoms with E-state index in [9.17, 15) is 0 Å². The standard InChI is InChI=1S/C22H24N4S2/c1-14-16(5-3-4-10-26(14)2)21-12-17-18(8-9-23-22(17)28-21)25-15-6-7-20-19(11-15)24-13-27-20/h6-9,11-14,16H,3-5,10H2,1-2H3,(H,23,25). The molecule has 4 heterocycles. The molecule has 3 aromatic heterocycles. The smallest absolute Gasteiger partial charge is 0.125 e. The van der Waals surface area contributed by atoms with Gasteiger partial charge in [-0.05, 0) is 63.7 Å². The predicted octanol–water partition coefficient (Wildman–Crippen LogP) is 6.24. The Labute approximate surface area is 173 Å². The molecular weight excluding hydrogens is 384 g/mol. The molecule has 1 saturated heterocycles. The number of nitrogens with zero attached hydrogens (tertiary/aromatic N) is 3. The molecule has 0 radical (unpaired) electrons. The highest BCUT2D eigenvalue weighted by Crippen LogP contribution is 2.40. The topological polar surface area (TPSA) is 41.1 Å². The summed E-state index contributed by atoms with van der Waals surface area (Å²) < 4.78 is 1.22. The van der Waals surface area contributed by atoms with E-state index in [0.717, 1.165) is 21.7 Å². The number of fused-ring (bicyclic) bond motifs is 2. The van der Waals surface area contributed by atoms with Crippen molar-refractivity contribution in [2.24, 2.45) is 0 Å². The van der Waals surface area contributed by atoms with Crippen LogP contribution in [0.4, 0.5) is 11.4 Å². The van der Waals surface area contributed by atoms with Gasteiger partial charge in [0.1, 0.15) is 4.83 Å². The number of nitrogens with one attached hydrogen (secondary N) is 1. The van der Waals surface area contributed by atoms with Gasteiger partial charge in [-0.25, -0.2) is 9.97 Å². The Morgan fingerprint density at radius 1 is 1.14 bits per heavy atom. The number of hydrogen-bond acceptors (Lipinski definition) is 6. The van der Waals surface area contributed by atoms with Crippen molar-refractivity contribution in [1.82, 2.24) is 14.9 Å². The van der Waals surface area contributed by atoms with Crippen LogP contribution in [0.1, 0.15) is 37.0 Å². The Morgan fingerprint density at radius 2 is 2.07 bits per heavy atom. The molecule has 1 fully saturated rings. The first kappa shape index (κ1) is 18.0. The minimum Gasteiger partial charge on any atom is -0.355 e. The summed E-state index contributed by atoms with van der Waals surface area (Å²) in [5, 5.41) is 4.82. The van der Waals surface area contributed by atoms with Gasteiger partial charge in [0.25, 0.3) is 0 Å². The number of likely N-dealkylation sites (N-methyl/N-ethyl adjacent to an activating group) is 1. The van der Waals surface area contributed by atoms with E-state index < -0.39 is 0 Å². The minimum atomic E-state index is 0.569. The number of aromatic nitrogens is 2. The highest BCUT2D eigenvalue weighted by Gasteiger charge is 2.27. The summed E-state index contributed by atoms with van der Waals surface area (Å²) in [5.41, 5.74) is 5.13. The number of pyridine rings is 1. The van der Waals surface area contributed by atoms with E-state index in [1.54, 1.807) is 11.3 Å². The molecule has 144 valence electrons. The normalized spacial score (nSPS) is 21.2. The average molecular weight is 409 g/mol. The highest BCUT2D eigenvalue weighted by molar-refractivity contribution is 7.18. The van der Waals surface area contributed by atoms with Crippen molar-refractivity contribution >= 4 is 54.5 Å². The van der Waals surface area contributed by atoms with Crippen LogP contribution in [-0.2, 0) is 0 Å². The third-order valence-corrected chi connectivity index (χ3v) is 7.97. The van der Waals surface area contributed by atoms with Gasteiger partial charge in [-0.3, -0.25) is 0 Å². The number of thiophene rings is 1. The third-order valence-electron chi connectivity index (χ3n) is 5.98. The van der Waals surface area contributed by atoms with Gasteiger partial charge in [-0.2, -0.15) is 0 Å². The Bertz CT molecular complexity index is 1120. The molecule has 0 saturated carbocycles. The van der Waals surface area contributed by atoms with E-state index >= 15 is 0 Å². The van der Waals surface area contributed by atoms with Crippen molar-refractivity contribution in [2.75, 3.05) is 18.9 Å². The van der Waals surface area contributed by atoms with Gasteiger partial charge in [0.05, 0.1) is 21.4 Å². The second-order valence-corrected chi connectivity index (χ2v) is 9.66. The zero-order chi connectivity index (χ0) is 19.1. The molecule has 2 unspecified atom stereocenters. The fourth-order valence-electron chi connectivity index (χ4n) is 4.20. The molecule has 0 bridgehead atoms. The lowest BCUT2D eigenvalue weighted by molar-refractivity contribution is 0.244. The van der Waals surface area contributed by atoms with Gasteiger partial charge in [0.2, 0.25) is 0 Å². The fourth-order valence-corrected chi connectivity index (χ4v) is 6.12. The maximum absolute atomic E-state index is 4.66. The Hall–Kier alpha value is -2.02. The van der Waals surface area contributed by atoms with Crippen LogP contribution in [0.2, 0.25) is 0 Å². The van der Waals surface area contributed by atoms with Crippen LogP contribution in [0, 0.1) is 0 Å². The van der Waals surface area contributed by atoms with Crippen molar-refractivity contribution in [2.45, 2.75) is 38.1 Å². The van der Waals surface area contributed by atoms with Gasteiger partial charge in [0, 0.05) is 34.1 Å². The first-order chi connectivity index (χ1) is 13.7. The molecule has 5 rings (SSSR count). The second kappa shape index (κ2) is 7.43. The maximum atomic E-state index is 4.66. The molecule has 4 aromatic rings. The van der Waals surface area contributed by atoms with E-state index in [-0.39, 0.29) is 0 Å². The summed E-state index contributed by atoms with van der Waals surface area (Å²) in [6, 6.07) is 11.4. The molecule has 4 nitrogen and oxygen atoms in total. The molecule has 0 spiro atoms. The summed E-state index contributed by atoms with van der Waals surface area (Å²) in [6.07, 6.45) is 5.78. The summed E-state index contributed by atoms with van der Waals surface area (Å²) >= 11 is 3.53. The molecule has 2 atom stereocenters. The third kappa shape index (κ3) is 3.30. The van der Waals surface area contributed by atoms with Gasteiger partial charge in [-0.1, -0.05) is 6.42 Å². The van der Waals surface area contributed by atoms with Crippen LogP contribution < -0.4 is 5.32 Å². The van der Waals surface area contributed by atoms with Crippen molar-refractivity contribution in [1.29, 1.82) is 0 Å². The van der Waals surface area contributed by atoms with Crippen molar-refractivity contribution in [3.8, 4) is 0 Å². The Kier molecular flexibility index (Phi) is 4.78. The van der Waals surface area contributed by atoms with Gasteiger partial charge >= 0.3 is 0 Å². The predicted molar refractivity (Wildman–Crippen MR) is 121 cm³/mol. The molecule has 0 aliphatic carbocycles. The summed E-state index contributed by atoms with van der Waals surface area (Å²) in [7, 11) is 2.26.